The first kappa shape index (κ1) is 25.5. The maximum absolute atomic E-state index is 14.1. The van der Waals surface area contributed by atoms with Crippen molar-refractivity contribution in [2.45, 2.75) is 39.8 Å². The second-order valence-electron chi connectivity index (χ2n) is 9.95. The maximum Gasteiger partial charge on any atom is 0.322 e. The number of benzene rings is 3. The zero-order valence-electron chi connectivity index (χ0n) is 23.0. The molecular weight excluding hydrogens is 498 g/mol. The normalized spacial score (nSPS) is 14.3. The zero-order chi connectivity index (χ0) is 27.6. The van der Waals surface area contributed by atoms with E-state index in [0.29, 0.717) is 13.2 Å². The van der Waals surface area contributed by atoms with E-state index in [-0.39, 0.29) is 12.1 Å². The van der Waals surface area contributed by atoms with Gasteiger partial charge < -0.3 is 19.5 Å². The summed E-state index contributed by atoms with van der Waals surface area (Å²) in [6, 6.07) is 29.8. The molecule has 7 heteroatoms. The Morgan fingerprint density at radius 1 is 0.975 bits per heavy atom. The van der Waals surface area contributed by atoms with Crippen LogP contribution in [0.25, 0.3) is 11.5 Å². The molecule has 2 amide bonds. The summed E-state index contributed by atoms with van der Waals surface area (Å²) in [5.74, 6) is 1.72. The maximum atomic E-state index is 14.1. The molecule has 7 nitrogen and oxygen atoms in total. The molecule has 0 aliphatic carbocycles. The molecule has 6 rings (SSSR count). The largest absolute Gasteiger partial charge is 0.494 e. The van der Waals surface area contributed by atoms with Gasteiger partial charge in [-0.3, -0.25) is 0 Å². The molecule has 0 spiro atoms. The second kappa shape index (κ2) is 10.8. The van der Waals surface area contributed by atoms with Crippen LogP contribution in [0.4, 0.5) is 10.5 Å². The third-order valence-corrected chi connectivity index (χ3v) is 7.45. The number of nitrogens with one attached hydrogen (secondary N) is 1. The van der Waals surface area contributed by atoms with Crippen LogP contribution in [0.2, 0.25) is 0 Å². The molecule has 2 aromatic heterocycles. The number of ether oxygens (including phenoxy) is 1. The number of nitrogens with zero attached hydrogens (tertiary/aromatic N) is 4. The van der Waals surface area contributed by atoms with Crippen LogP contribution in [-0.2, 0) is 13.0 Å². The topological polar surface area (TPSA) is 64.3 Å². The molecule has 0 saturated carbocycles. The number of amides is 2. The van der Waals surface area contributed by atoms with Crippen molar-refractivity contribution in [3.8, 4) is 17.3 Å². The molecule has 3 heterocycles. The van der Waals surface area contributed by atoms with E-state index >= 15 is 0 Å². The summed E-state index contributed by atoms with van der Waals surface area (Å²) >= 11 is 0. The highest BCUT2D eigenvalue weighted by atomic mass is 16.5. The predicted octanol–water partition coefficient (Wildman–Crippen LogP) is 7.07. The smallest absolute Gasteiger partial charge is 0.322 e. The number of carbonyl (C=O) groups is 1. The monoisotopic (exact) mass is 531 g/mol. The number of fused-ring (bicyclic) bond motifs is 3. The predicted molar refractivity (Wildman–Crippen MR) is 157 cm³/mol. The van der Waals surface area contributed by atoms with Crippen molar-refractivity contribution in [1.29, 1.82) is 0 Å². The van der Waals surface area contributed by atoms with Gasteiger partial charge in [-0.25, -0.2) is 9.48 Å². The highest BCUT2D eigenvalue weighted by molar-refractivity contribution is 5.90. The van der Waals surface area contributed by atoms with E-state index in [0.717, 1.165) is 51.9 Å². The fourth-order valence-electron chi connectivity index (χ4n) is 5.46. The highest BCUT2D eigenvalue weighted by Crippen LogP contribution is 2.39. The number of anilines is 1. The molecule has 1 aliphatic rings. The minimum Gasteiger partial charge on any atom is -0.494 e. The number of hydrogen-bond donors (Lipinski definition) is 1. The summed E-state index contributed by atoms with van der Waals surface area (Å²) in [5.41, 5.74) is 6.79. The fourth-order valence-corrected chi connectivity index (χ4v) is 5.46. The van der Waals surface area contributed by atoms with Crippen molar-refractivity contribution in [1.82, 2.24) is 19.2 Å². The molecule has 1 aliphatic heterocycles. The quantitative estimate of drug-likeness (QED) is 0.255. The molecule has 1 N–H and O–H groups in total. The summed E-state index contributed by atoms with van der Waals surface area (Å²) in [6.07, 6.45) is 3.00. The Morgan fingerprint density at radius 3 is 2.52 bits per heavy atom. The Kier molecular flexibility index (Phi) is 6.86. The molecule has 0 radical (unpaired) electrons. The van der Waals surface area contributed by atoms with Crippen LogP contribution < -0.4 is 10.1 Å². The van der Waals surface area contributed by atoms with Gasteiger partial charge in [-0.1, -0.05) is 49.4 Å². The Morgan fingerprint density at radius 2 is 1.77 bits per heavy atom. The molecule has 0 bridgehead atoms. The number of hydrogen-bond acceptors (Lipinski definition) is 3. The lowest BCUT2D eigenvalue weighted by Gasteiger charge is -2.31. The molecule has 5 aromatic rings. The van der Waals surface area contributed by atoms with Crippen molar-refractivity contribution < 1.29 is 9.53 Å². The summed E-state index contributed by atoms with van der Waals surface area (Å²) in [7, 11) is 0. The fraction of sp³-hybridized carbons (Fsp3) is 0.212. The average Bonchev–Trinajstić information content (AvgIpc) is 3.54. The zero-order valence-corrected chi connectivity index (χ0v) is 23.0. The lowest BCUT2D eigenvalue weighted by atomic mass is 10.0. The molecule has 40 heavy (non-hydrogen) atoms. The van der Waals surface area contributed by atoms with Crippen LogP contribution in [0.1, 0.15) is 48.0 Å². The lowest BCUT2D eigenvalue weighted by molar-refractivity contribution is 0.194. The van der Waals surface area contributed by atoms with Crippen molar-refractivity contribution in [2.75, 3.05) is 11.9 Å². The van der Waals surface area contributed by atoms with Crippen molar-refractivity contribution in [2.24, 2.45) is 0 Å². The van der Waals surface area contributed by atoms with Crippen LogP contribution in [0.3, 0.4) is 0 Å². The van der Waals surface area contributed by atoms with E-state index in [1.54, 1.807) is 0 Å². The number of urea groups is 1. The van der Waals surface area contributed by atoms with Crippen molar-refractivity contribution in [3.05, 3.63) is 125 Å². The van der Waals surface area contributed by atoms with E-state index in [4.69, 9.17) is 9.84 Å². The van der Waals surface area contributed by atoms with Gasteiger partial charge in [0.05, 0.1) is 36.3 Å². The summed E-state index contributed by atoms with van der Waals surface area (Å²) in [4.78, 5) is 16.0. The third kappa shape index (κ3) is 4.64. The highest BCUT2D eigenvalue weighted by Gasteiger charge is 2.36. The molecule has 1 atom stereocenters. The first-order valence-corrected chi connectivity index (χ1v) is 13.8. The number of carbonyl (C=O) groups excluding carboxylic acids is 1. The van der Waals surface area contributed by atoms with Gasteiger partial charge in [-0.05, 0) is 79.9 Å². The van der Waals surface area contributed by atoms with Crippen LogP contribution in [0, 0.1) is 6.92 Å². The van der Waals surface area contributed by atoms with Gasteiger partial charge >= 0.3 is 6.03 Å². The molecule has 3 aromatic carbocycles. The number of rotatable bonds is 6. The molecule has 202 valence electrons. The van der Waals surface area contributed by atoms with Crippen molar-refractivity contribution >= 4 is 11.7 Å². The average molecular weight is 532 g/mol. The van der Waals surface area contributed by atoms with Gasteiger partial charge in [-0.2, -0.15) is 5.10 Å². The SMILES string of the molecule is CCOc1cccc(C2c3cccn3-c3c(c(C)nn3-c3ccccc3)CN2C(=O)Nc2ccc(CC)cc2)c1. The number of para-hydroxylation sites is 1. The Balaban J connectivity index is 1.51. The Bertz CT molecular complexity index is 1640. The van der Waals surface area contributed by atoms with Gasteiger partial charge in [0.2, 0.25) is 0 Å². The van der Waals surface area contributed by atoms with E-state index in [9.17, 15) is 4.79 Å². The summed E-state index contributed by atoms with van der Waals surface area (Å²) in [5, 5.41) is 8.09. The minimum atomic E-state index is -0.360. The number of aryl methyl sites for hydroxylation is 2. The van der Waals surface area contributed by atoms with E-state index in [1.807, 2.05) is 90.2 Å². The summed E-state index contributed by atoms with van der Waals surface area (Å²) in [6.45, 7) is 7.06. The Hall–Kier alpha value is -4.78. The van der Waals surface area contributed by atoms with Crippen molar-refractivity contribution in [3.63, 3.8) is 0 Å². The minimum absolute atomic E-state index is 0.177. The number of aromatic nitrogens is 3. The van der Waals surface area contributed by atoms with Crippen LogP contribution in [-0.4, -0.2) is 31.9 Å². The lowest BCUT2D eigenvalue weighted by Crippen LogP contribution is -2.38. The van der Waals surface area contributed by atoms with Crippen LogP contribution in [0.15, 0.2) is 97.2 Å². The summed E-state index contributed by atoms with van der Waals surface area (Å²) < 4.78 is 10.0. The van der Waals surface area contributed by atoms with Crippen LogP contribution in [0.5, 0.6) is 5.75 Å². The van der Waals surface area contributed by atoms with E-state index in [1.165, 1.54) is 5.56 Å². The van der Waals surface area contributed by atoms with E-state index < -0.39 is 0 Å². The molecule has 0 fully saturated rings. The first-order chi connectivity index (χ1) is 19.6. The van der Waals surface area contributed by atoms with Gasteiger partial charge in [0.15, 0.2) is 0 Å². The standard InChI is InChI=1S/C33H33N5O2/c1-4-24-16-18-26(19-17-24)34-33(39)37-22-29-23(3)35-38(27-12-7-6-8-13-27)32(29)36-20-10-15-30(36)31(37)25-11-9-14-28(21-25)40-5-2/h6-21,31H,4-5,22H2,1-3H3,(H,34,39). The molecule has 0 saturated heterocycles. The van der Waals surface area contributed by atoms with Crippen LogP contribution >= 0.6 is 0 Å². The van der Waals surface area contributed by atoms with Gasteiger partial charge in [0.1, 0.15) is 11.6 Å². The molecular formula is C33H33N5O2. The third-order valence-electron chi connectivity index (χ3n) is 7.45. The first-order valence-electron chi connectivity index (χ1n) is 13.8. The van der Waals surface area contributed by atoms with Gasteiger partial charge in [0, 0.05) is 17.4 Å². The van der Waals surface area contributed by atoms with E-state index in [2.05, 4.69) is 47.3 Å². The second-order valence-corrected chi connectivity index (χ2v) is 9.95. The molecule has 1 unspecified atom stereocenters. The van der Waals surface area contributed by atoms with Gasteiger partial charge in [-0.15, -0.1) is 0 Å². The Labute approximate surface area is 234 Å². The van der Waals surface area contributed by atoms with Gasteiger partial charge in [0.25, 0.3) is 0 Å².